The van der Waals surface area contributed by atoms with Gasteiger partial charge >= 0.3 is 5.97 Å². The fourth-order valence-electron chi connectivity index (χ4n) is 2.17. The molecule has 128 valence electrons. The Labute approximate surface area is 149 Å². The Bertz CT molecular complexity index is 766. The van der Waals surface area contributed by atoms with Gasteiger partial charge < -0.3 is 9.47 Å². The Kier molecular flexibility index (Phi) is 5.85. The molecule has 0 saturated carbocycles. The molecule has 24 heavy (non-hydrogen) atoms. The molecule has 1 heterocycles. The van der Waals surface area contributed by atoms with E-state index in [0.717, 1.165) is 0 Å². The van der Waals surface area contributed by atoms with Crippen molar-refractivity contribution >= 4 is 35.0 Å². The average Bonchev–Trinajstić information content (AvgIpc) is 2.78. The van der Waals surface area contributed by atoms with E-state index in [0.29, 0.717) is 27.2 Å². The van der Waals surface area contributed by atoms with Crippen LogP contribution in [0.15, 0.2) is 18.2 Å². The van der Waals surface area contributed by atoms with Gasteiger partial charge in [0.1, 0.15) is 13.2 Å². The highest BCUT2D eigenvalue weighted by Crippen LogP contribution is 2.32. The maximum absolute atomic E-state index is 12.2. The number of carbonyl (C=O) groups is 2. The Hall–Kier alpha value is -2.05. The molecule has 6 nitrogen and oxygen atoms in total. The Morgan fingerprint density at radius 3 is 2.33 bits per heavy atom. The van der Waals surface area contributed by atoms with Crippen molar-refractivity contribution in [2.24, 2.45) is 7.05 Å². The lowest BCUT2D eigenvalue weighted by Gasteiger charge is -2.10. The quantitative estimate of drug-likeness (QED) is 0.338. The SMILES string of the molecule is Cc1nn(C)c(C)c1C(=O)C(=O)OCCOc1c(Cl)cccc1Cl. The number of carbonyl (C=O) groups excluding carboxylic acids is 2. The van der Waals surface area contributed by atoms with E-state index in [-0.39, 0.29) is 18.8 Å². The number of hydrogen-bond acceptors (Lipinski definition) is 5. The molecule has 2 aromatic rings. The number of ether oxygens (including phenoxy) is 2. The molecule has 0 aliphatic carbocycles. The van der Waals surface area contributed by atoms with Crippen LogP contribution in [0.4, 0.5) is 0 Å². The van der Waals surface area contributed by atoms with Gasteiger partial charge in [-0.15, -0.1) is 0 Å². The van der Waals surface area contributed by atoms with Gasteiger partial charge in [-0.1, -0.05) is 29.3 Å². The molecule has 0 atom stereocenters. The number of halogens is 2. The van der Waals surface area contributed by atoms with Crippen molar-refractivity contribution in [3.63, 3.8) is 0 Å². The minimum atomic E-state index is -0.956. The number of ketones is 1. The number of aryl methyl sites for hydroxylation is 2. The standard InChI is InChI=1S/C16H16Cl2N2O4/c1-9-13(10(2)20(3)19-9)14(21)16(22)24-8-7-23-15-11(17)5-4-6-12(15)18/h4-6H,7-8H2,1-3H3. The van der Waals surface area contributed by atoms with Crippen LogP contribution in [0.3, 0.4) is 0 Å². The molecular weight excluding hydrogens is 355 g/mol. The molecule has 0 N–H and O–H groups in total. The van der Waals surface area contributed by atoms with Gasteiger partial charge in [-0.25, -0.2) is 4.79 Å². The van der Waals surface area contributed by atoms with Gasteiger partial charge in [-0.05, 0) is 26.0 Å². The summed E-state index contributed by atoms with van der Waals surface area (Å²) in [6.07, 6.45) is 0. The molecule has 8 heteroatoms. The summed E-state index contributed by atoms with van der Waals surface area (Å²) in [4.78, 5) is 24.0. The third kappa shape index (κ3) is 3.88. The second kappa shape index (κ2) is 7.68. The zero-order valence-electron chi connectivity index (χ0n) is 13.4. The number of Topliss-reactive ketones (excluding diaryl/α,β-unsaturated/α-hetero) is 1. The predicted molar refractivity (Wildman–Crippen MR) is 89.9 cm³/mol. The van der Waals surface area contributed by atoms with E-state index in [1.54, 1.807) is 43.8 Å². The Morgan fingerprint density at radius 2 is 1.79 bits per heavy atom. The molecule has 1 aromatic carbocycles. The smallest absolute Gasteiger partial charge is 0.379 e. The van der Waals surface area contributed by atoms with Crippen LogP contribution in [0.25, 0.3) is 0 Å². The van der Waals surface area contributed by atoms with Crippen molar-refractivity contribution < 1.29 is 19.1 Å². The molecule has 0 aliphatic heterocycles. The second-order valence-corrected chi connectivity index (χ2v) is 5.85. The van der Waals surface area contributed by atoms with Gasteiger partial charge in [0.15, 0.2) is 5.75 Å². The number of hydrogen-bond donors (Lipinski definition) is 0. The number of benzene rings is 1. The number of esters is 1. The summed E-state index contributed by atoms with van der Waals surface area (Å²) in [6.45, 7) is 3.29. The van der Waals surface area contributed by atoms with Crippen molar-refractivity contribution in [3.8, 4) is 5.75 Å². The molecule has 0 unspecified atom stereocenters. The fourth-order valence-corrected chi connectivity index (χ4v) is 2.67. The van der Waals surface area contributed by atoms with Crippen molar-refractivity contribution in [2.75, 3.05) is 13.2 Å². The number of aromatic nitrogens is 2. The summed E-state index contributed by atoms with van der Waals surface area (Å²) >= 11 is 11.9. The molecule has 0 amide bonds. The lowest BCUT2D eigenvalue weighted by molar-refractivity contribution is -0.138. The number of rotatable bonds is 6. The lowest BCUT2D eigenvalue weighted by atomic mass is 10.1. The van der Waals surface area contributed by atoms with Gasteiger partial charge in [0.05, 0.1) is 21.3 Å². The zero-order valence-corrected chi connectivity index (χ0v) is 14.9. The summed E-state index contributed by atoms with van der Waals surface area (Å²) in [7, 11) is 1.70. The van der Waals surface area contributed by atoms with Crippen LogP contribution >= 0.6 is 23.2 Å². The highest BCUT2D eigenvalue weighted by atomic mass is 35.5. The zero-order chi connectivity index (χ0) is 17.9. The van der Waals surface area contributed by atoms with Crippen molar-refractivity contribution in [2.45, 2.75) is 13.8 Å². The molecular formula is C16H16Cl2N2O4. The third-order valence-electron chi connectivity index (χ3n) is 3.40. The summed E-state index contributed by atoms with van der Waals surface area (Å²) in [5.74, 6) is -1.38. The van der Waals surface area contributed by atoms with Gasteiger partial charge in [0.2, 0.25) is 0 Å². The largest absolute Gasteiger partial charge is 0.487 e. The van der Waals surface area contributed by atoms with E-state index in [1.165, 1.54) is 0 Å². The Balaban J connectivity index is 1.91. The summed E-state index contributed by atoms with van der Waals surface area (Å²) in [6, 6.07) is 4.95. The van der Waals surface area contributed by atoms with Gasteiger partial charge in [0, 0.05) is 12.7 Å². The van der Waals surface area contributed by atoms with Crippen LogP contribution in [-0.2, 0) is 16.6 Å². The number of para-hydroxylation sites is 1. The molecule has 0 fully saturated rings. The van der Waals surface area contributed by atoms with Gasteiger partial charge in [-0.2, -0.15) is 5.10 Å². The van der Waals surface area contributed by atoms with Gasteiger partial charge in [0.25, 0.3) is 5.78 Å². The van der Waals surface area contributed by atoms with E-state index < -0.39 is 11.8 Å². The van der Waals surface area contributed by atoms with Gasteiger partial charge in [-0.3, -0.25) is 9.48 Å². The monoisotopic (exact) mass is 370 g/mol. The molecule has 0 bridgehead atoms. The van der Waals surface area contributed by atoms with Crippen molar-refractivity contribution in [3.05, 3.63) is 45.2 Å². The summed E-state index contributed by atoms with van der Waals surface area (Å²) in [5.41, 5.74) is 1.35. The van der Waals surface area contributed by atoms with Crippen LogP contribution in [-0.4, -0.2) is 34.7 Å². The minimum absolute atomic E-state index is 0.0213. The highest BCUT2D eigenvalue weighted by Gasteiger charge is 2.25. The van der Waals surface area contributed by atoms with E-state index in [9.17, 15) is 9.59 Å². The van der Waals surface area contributed by atoms with Crippen molar-refractivity contribution in [1.82, 2.24) is 9.78 Å². The van der Waals surface area contributed by atoms with Crippen LogP contribution in [0.2, 0.25) is 10.0 Å². The lowest BCUT2D eigenvalue weighted by Crippen LogP contribution is -2.21. The Morgan fingerprint density at radius 1 is 1.17 bits per heavy atom. The molecule has 1 aromatic heterocycles. The summed E-state index contributed by atoms with van der Waals surface area (Å²) < 4.78 is 11.9. The first kappa shape index (κ1) is 18.3. The maximum Gasteiger partial charge on any atom is 0.379 e. The predicted octanol–water partition coefficient (Wildman–Crippen LogP) is 3.15. The molecule has 0 radical (unpaired) electrons. The van der Waals surface area contributed by atoms with Crippen LogP contribution < -0.4 is 4.74 Å². The second-order valence-electron chi connectivity index (χ2n) is 5.03. The first-order valence-electron chi connectivity index (χ1n) is 7.11. The number of nitrogens with zero attached hydrogens (tertiary/aromatic N) is 2. The normalized spacial score (nSPS) is 10.5. The maximum atomic E-state index is 12.2. The highest BCUT2D eigenvalue weighted by molar-refractivity contribution is 6.41. The van der Waals surface area contributed by atoms with E-state index >= 15 is 0 Å². The first-order chi connectivity index (χ1) is 11.3. The molecule has 0 spiro atoms. The molecule has 0 saturated heterocycles. The summed E-state index contributed by atoms with van der Waals surface area (Å²) in [5, 5.41) is 4.81. The molecule has 2 rings (SSSR count). The average molecular weight is 371 g/mol. The van der Waals surface area contributed by atoms with E-state index in [4.69, 9.17) is 32.7 Å². The molecule has 0 aliphatic rings. The van der Waals surface area contributed by atoms with Crippen molar-refractivity contribution in [1.29, 1.82) is 0 Å². The van der Waals surface area contributed by atoms with Crippen LogP contribution in [0, 0.1) is 13.8 Å². The fraction of sp³-hybridized carbons (Fsp3) is 0.312. The van der Waals surface area contributed by atoms with E-state index in [1.807, 2.05) is 0 Å². The minimum Gasteiger partial charge on any atom is -0.487 e. The third-order valence-corrected chi connectivity index (χ3v) is 4.00. The first-order valence-corrected chi connectivity index (χ1v) is 7.87. The van der Waals surface area contributed by atoms with Crippen LogP contribution in [0.5, 0.6) is 5.75 Å². The van der Waals surface area contributed by atoms with Crippen LogP contribution in [0.1, 0.15) is 21.7 Å². The topological polar surface area (TPSA) is 70.4 Å². The van der Waals surface area contributed by atoms with E-state index in [2.05, 4.69) is 5.10 Å².